The number of nitro groups is 1. The molecule has 0 aliphatic rings. The molecule has 0 saturated carbocycles. The van der Waals surface area contributed by atoms with Crippen molar-refractivity contribution >= 4 is 11.4 Å². The Bertz CT molecular complexity index is 478. The number of nitrogens with one attached hydrogen (secondary N) is 1. The third-order valence-corrected chi connectivity index (χ3v) is 1.80. The van der Waals surface area contributed by atoms with Gasteiger partial charge in [-0.3, -0.25) is 10.1 Å². The summed E-state index contributed by atoms with van der Waals surface area (Å²) in [5.74, 6) is 2.65. The summed E-state index contributed by atoms with van der Waals surface area (Å²) in [7, 11) is 0. The van der Waals surface area contributed by atoms with Crippen LogP contribution < -0.4 is 5.32 Å². The average molecular weight is 226 g/mol. The lowest BCUT2D eigenvalue weighted by molar-refractivity contribution is -0.384. The van der Waals surface area contributed by atoms with Crippen molar-refractivity contribution in [2.24, 2.45) is 0 Å². The molecule has 1 rings (SSSR count). The van der Waals surface area contributed by atoms with Crippen molar-refractivity contribution in [3.05, 3.63) is 33.9 Å². The predicted octanol–water partition coefficient (Wildman–Crippen LogP) is 2.31. The molecule has 0 unspecified atom stereocenters. The van der Waals surface area contributed by atoms with Gasteiger partial charge >= 0.3 is 0 Å². The molecule has 0 spiro atoms. The number of halogens is 2. The maximum Gasteiger partial charge on any atom is 0.295 e. The van der Waals surface area contributed by atoms with E-state index in [4.69, 9.17) is 0 Å². The van der Waals surface area contributed by atoms with Crippen molar-refractivity contribution in [1.29, 1.82) is 0 Å². The van der Waals surface area contributed by atoms with Crippen LogP contribution in [-0.4, -0.2) is 11.5 Å². The van der Waals surface area contributed by atoms with E-state index in [2.05, 4.69) is 17.2 Å². The van der Waals surface area contributed by atoms with Gasteiger partial charge in [0.25, 0.3) is 5.69 Å². The zero-order valence-electron chi connectivity index (χ0n) is 8.38. The monoisotopic (exact) mass is 226 g/mol. The minimum absolute atomic E-state index is 0.0116. The van der Waals surface area contributed by atoms with Crippen molar-refractivity contribution in [1.82, 2.24) is 0 Å². The molecular formula is C10H8F2N2O2. The molecule has 0 aliphatic carbocycles. The van der Waals surface area contributed by atoms with Crippen molar-refractivity contribution < 1.29 is 13.7 Å². The molecule has 1 N–H and O–H groups in total. The number of hydrogen-bond acceptors (Lipinski definition) is 3. The second-order valence-corrected chi connectivity index (χ2v) is 2.79. The Morgan fingerprint density at radius 2 is 2.19 bits per heavy atom. The standard InChI is InChI=1S/C10H8F2N2O2/c1-2-3-6-13-10-8(14(15)16)5-4-7(11)9(10)12/h4-5,13H,6H2,1H3. The maximum absolute atomic E-state index is 13.3. The van der Waals surface area contributed by atoms with Gasteiger partial charge in [0.2, 0.25) is 0 Å². The number of nitrogens with zero attached hydrogens (tertiary/aromatic N) is 1. The van der Waals surface area contributed by atoms with Gasteiger partial charge in [0, 0.05) is 6.07 Å². The summed E-state index contributed by atoms with van der Waals surface area (Å²) in [6.45, 7) is 1.58. The zero-order chi connectivity index (χ0) is 12.1. The van der Waals surface area contributed by atoms with Gasteiger partial charge in [-0.05, 0) is 13.0 Å². The fourth-order valence-corrected chi connectivity index (χ4v) is 1.08. The van der Waals surface area contributed by atoms with Crippen LogP contribution in [-0.2, 0) is 0 Å². The summed E-state index contributed by atoms with van der Waals surface area (Å²) in [6.07, 6.45) is 0. The third kappa shape index (κ3) is 2.45. The number of hydrogen-bond donors (Lipinski definition) is 1. The zero-order valence-corrected chi connectivity index (χ0v) is 8.38. The fourth-order valence-electron chi connectivity index (χ4n) is 1.08. The van der Waals surface area contributed by atoms with E-state index < -0.39 is 27.9 Å². The Labute approximate surface area is 90.4 Å². The SMILES string of the molecule is CC#CCNc1c([N+](=O)[O-])ccc(F)c1F. The van der Waals surface area contributed by atoms with Crippen LogP contribution >= 0.6 is 0 Å². The Kier molecular flexibility index (Phi) is 3.78. The van der Waals surface area contributed by atoms with Crippen LogP contribution in [0, 0.1) is 33.6 Å². The van der Waals surface area contributed by atoms with Gasteiger partial charge in [0.05, 0.1) is 11.5 Å². The topological polar surface area (TPSA) is 55.2 Å². The molecule has 0 bridgehead atoms. The molecule has 16 heavy (non-hydrogen) atoms. The summed E-state index contributed by atoms with van der Waals surface area (Å²) < 4.78 is 26.1. The Balaban J connectivity index is 3.13. The van der Waals surface area contributed by atoms with Gasteiger partial charge in [0.15, 0.2) is 17.3 Å². The first-order valence-electron chi connectivity index (χ1n) is 4.33. The second-order valence-electron chi connectivity index (χ2n) is 2.79. The Morgan fingerprint density at radius 1 is 1.50 bits per heavy atom. The van der Waals surface area contributed by atoms with Gasteiger partial charge in [0.1, 0.15) is 0 Å². The highest BCUT2D eigenvalue weighted by Gasteiger charge is 2.20. The molecule has 0 heterocycles. The van der Waals surface area contributed by atoms with E-state index in [0.717, 1.165) is 6.07 Å². The van der Waals surface area contributed by atoms with Gasteiger partial charge < -0.3 is 5.32 Å². The highest BCUT2D eigenvalue weighted by Crippen LogP contribution is 2.28. The first-order valence-corrected chi connectivity index (χ1v) is 4.33. The molecule has 1 aromatic carbocycles. The van der Waals surface area contributed by atoms with E-state index >= 15 is 0 Å². The van der Waals surface area contributed by atoms with Crippen LogP contribution in [0.2, 0.25) is 0 Å². The number of anilines is 1. The average Bonchev–Trinajstić information content (AvgIpc) is 2.24. The summed E-state index contributed by atoms with van der Waals surface area (Å²) in [6, 6.07) is 1.62. The van der Waals surface area contributed by atoms with Crippen molar-refractivity contribution in [2.75, 3.05) is 11.9 Å². The molecular weight excluding hydrogens is 218 g/mol. The van der Waals surface area contributed by atoms with Gasteiger partial charge in [-0.2, -0.15) is 0 Å². The molecule has 0 aromatic heterocycles. The molecule has 0 amide bonds. The molecule has 1 aromatic rings. The second kappa shape index (κ2) is 5.07. The summed E-state index contributed by atoms with van der Waals surface area (Å²) in [4.78, 5) is 9.77. The minimum Gasteiger partial charge on any atom is -0.366 e. The third-order valence-electron chi connectivity index (χ3n) is 1.80. The summed E-state index contributed by atoms with van der Waals surface area (Å²) >= 11 is 0. The van der Waals surface area contributed by atoms with E-state index in [9.17, 15) is 18.9 Å². The Morgan fingerprint density at radius 3 is 2.75 bits per heavy atom. The van der Waals surface area contributed by atoms with Crippen LogP contribution in [0.25, 0.3) is 0 Å². The van der Waals surface area contributed by atoms with Crippen molar-refractivity contribution in [3.63, 3.8) is 0 Å². The van der Waals surface area contributed by atoms with Crippen LogP contribution in [0.4, 0.5) is 20.2 Å². The van der Waals surface area contributed by atoms with Gasteiger partial charge in [-0.15, -0.1) is 5.92 Å². The van der Waals surface area contributed by atoms with Crippen LogP contribution in [0.15, 0.2) is 12.1 Å². The van der Waals surface area contributed by atoms with Gasteiger partial charge in [-0.25, -0.2) is 8.78 Å². The summed E-state index contributed by atoms with van der Waals surface area (Å²) in [5.41, 5.74) is -0.996. The molecule has 84 valence electrons. The highest BCUT2D eigenvalue weighted by molar-refractivity contribution is 5.62. The van der Waals surface area contributed by atoms with Crippen LogP contribution in [0.3, 0.4) is 0 Å². The van der Waals surface area contributed by atoms with Crippen LogP contribution in [0.5, 0.6) is 0 Å². The van der Waals surface area contributed by atoms with Crippen molar-refractivity contribution in [2.45, 2.75) is 6.92 Å². The van der Waals surface area contributed by atoms with E-state index in [1.165, 1.54) is 0 Å². The molecule has 0 aliphatic heterocycles. The van der Waals surface area contributed by atoms with Crippen LogP contribution in [0.1, 0.15) is 6.92 Å². The first-order chi connectivity index (χ1) is 7.57. The number of nitro benzene ring substituents is 1. The molecule has 4 nitrogen and oxygen atoms in total. The van der Waals surface area contributed by atoms with E-state index in [0.29, 0.717) is 6.07 Å². The lowest BCUT2D eigenvalue weighted by atomic mass is 10.2. The molecule has 0 radical (unpaired) electrons. The quantitative estimate of drug-likeness (QED) is 0.488. The summed E-state index contributed by atoms with van der Waals surface area (Å²) in [5, 5.41) is 12.9. The minimum atomic E-state index is -1.27. The smallest absolute Gasteiger partial charge is 0.295 e. The van der Waals surface area contributed by atoms with E-state index in [1.807, 2.05) is 0 Å². The Hall–Kier alpha value is -2.16. The number of rotatable bonds is 3. The first kappa shape index (κ1) is 11.9. The predicted molar refractivity (Wildman–Crippen MR) is 55.0 cm³/mol. The maximum atomic E-state index is 13.3. The fraction of sp³-hybridized carbons (Fsp3) is 0.200. The lowest BCUT2D eigenvalue weighted by Crippen LogP contribution is -2.06. The molecule has 0 saturated heterocycles. The van der Waals surface area contributed by atoms with E-state index in [1.54, 1.807) is 6.92 Å². The molecule has 0 atom stereocenters. The number of benzene rings is 1. The normalized spacial score (nSPS) is 9.19. The van der Waals surface area contributed by atoms with E-state index in [-0.39, 0.29) is 6.54 Å². The van der Waals surface area contributed by atoms with Gasteiger partial charge in [-0.1, -0.05) is 5.92 Å². The highest BCUT2D eigenvalue weighted by atomic mass is 19.2. The molecule has 6 heteroatoms. The molecule has 0 fully saturated rings. The lowest BCUT2D eigenvalue weighted by Gasteiger charge is -2.05. The largest absolute Gasteiger partial charge is 0.366 e. The van der Waals surface area contributed by atoms with Crippen molar-refractivity contribution in [3.8, 4) is 11.8 Å².